The van der Waals surface area contributed by atoms with E-state index in [1.165, 1.54) is 18.4 Å². The van der Waals surface area contributed by atoms with Crippen molar-refractivity contribution < 1.29 is 0 Å². The Kier molecular flexibility index (Phi) is 5.25. The lowest BCUT2D eigenvalue weighted by Crippen LogP contribution is -2.39. The summed E-state index contributed by atoms with van der Waals surface area (Å²) in [5.74, 6) is 2.68. The van der Waals surface area contributed by atoms with Crippen LogP contribution < -0.4 is 5.32 Å². The molecule has 4 heteroatoms. The van der Waals surface area contributed by atoms with Crippen LogP contribution in [0.3, 0.4) is 0 Å². The van der Waals surface area contributed by atoms with Crippen molar-refractivity contribution in [3.05, 3.63) is 22.4 Å². The highest BCUT2D eigenvalue weighted by molar-refractivity contribution is 7.07. The van der Waals surface area contributed by atoms with Crippen LogP contribution in [-0.2, 0) is 6.54 Å². The smallest absolute Gasteiger partial charge is 0.193 e. The molecule has 1 aromatic rings. The first-order valence-electron chi connectivity index (χ1n) is 7.15. The fourth-order valence-corrected chi connectivity index (χ4v) is 3.46. The van der Waals surface area contributed by atoms with Crippen molar-refractivity contribution in [2.75, 3.05) is 20.1 Å². The lowest BCUT2D eigenvalue weighted by molar-refractivity contribution is 0.403. The summed E-state index contributed by atoms with van der Waals surface area (Å²) in [6.07, 6.45) is 2.63. The average Bonchev–Trinajstić information content (AvgIpc) is 3.01. The van der Waals surface area contributed by atoms with Crippen LogP contribution in [0.4, 0.5) is 0 Å². The van der Waals surface area contributed by atoms with Crippen LogP contribution in [0.1, 0.15) is 32.3 Å². The number of nitrogens with zero attached hydrogens (tertiary/aromatic N) is 2. The van der Waals surface area contributed by atoms with Gasteiger partial charge in [-0.1, -0.05) is 13.8 Å². The van der Waals surface area contributed by atoms with Crippen LogP contribution in [0.5, 0.6) is 0 Å². The second kappa shape index (κ2) is 6.94. The number of thiophene rings is 1. The Hall–Kier alpha value is -1.03. The topological polar surface area (TPSA) is 27.6 Å². The third-order valence-electron chi connectivity index (χ3n) is 3.63. The number of rotatable bonds is 4. The maximum absolute atomic E-state index is 4.42. The van der Waals surface area contributed by atoms with Gasteiger partial charge in [0.2, 0.25) is 0 Å². The summed E-state index contributed by atoms with van der Waals surface area (Å²) in [5.41, 5.74) is 1.34. The van der Waals surface area contributed by atoms with E-state index in [9.17, 15) is 0 Å². The Morgan fingerprint density at radius 3 is 3.05 bits per heavy atom. The Morgan fingerprint density at radius 2 is 2.42 bits per heavy atom. The third-order valence-corrected chi connectivity index (χ3v) is 4.36. The first-order valence-corrected chi connectivity index (χ1v) is 8.10. The lowest BCUT2D eigenvalue weighted by atomic mass is 9.97. The van der Waals surface area contributed by atoms with Crippen molar-refractivity contribution in [3.63, 3.8) is 0 Å². The van der Waals surface area contributed by atoms with E-state index >= 15 is 0 Å². The van der Waals surface area contributed by atoms with Crippen LogP contribution in [-0.4, -0.2) is 31.0 Å². The standard InChI is InChI=1S/C15H25N3S/c1-12(2)8-13-4-6-18(10-13)15(16-3)17-9-14-5-7-19-11-14/h5,7,11-13H,4,6,8-10H2,1-3H3,(H,16,17). The molecule has 1 aliphatic heterocycles. The molecule has 0 aromatic carbocycles. The highest BCUT2D eigenvalue weighted by Gasteiger charge is 2.25. The van der Waals surface area contributed by atoms with Gasteiger partial charge in [0.15, 0.2) is 5.96 Å². The summed E-state index contributed by atoms with van der Waals surface area (Å²) >= 11 is 1.74. The molecule has 1 aliphatic rings. The van der Waals surface area contributed by atoms with Crippen LogP contribution >= 0.6 is 11.3 Å². The fraction of sp³-hybridized carbons (Fsp3) is 0.667. The minimum absolute atomic E-state index is 0.797. The first-order chi connectivity index (χ1) is 9.19. The molecular formula is C15H25N3S. The lowest BCUT2D eigenvalue weighted by Gasteiger charge is -2.22. The third kappa shape index (κ3) is 4.23. The molecule has 106 valence electrons. The van der Waals surface area contributed by atoms with E-state index in [1.807, 2.05) is 7.05 Å². The van der Waals surface area contributed by atoms with Gasteiger partial charge >= 0.3 is 0 Å². The zero-order valence-corrected chi connectivity index (χ0v) is 13.0. The number of hydrogen-bond acceptors (Lipinski definition) is 2. The molecule has 0 radical (unpaired) electrons. The highest BCUT2D eigenvalue weighted by Crippen LogP contribution is 2.23. The van der Waals surface area contributed by atoms with Gasteiger partial charge in [-0.25, -0.2) is 0 Å². The summed E-state index contributed by atoms with van der Waals surface area (Å²) < 4.78 is 0. The zero-order chi connectivity index (χ0) is 13.7. The second-order valence-electron chi connectivity index (χ2n) is 5.76. The first kappa shape index (κ1) is 14.4. The normalized spacial score (nSPS) is 20.3. The molecule has 3 nitrogen and oxygen atoms in total. The van der Waals surface area contributed by atoms with Crippen LogP contribution in [0.15, 0.2) is 21.8 Å². The number of aliphatic imine (C=N–C) groups is 1. The fourth-order valence-electron chi connectivity index (χ4n) is 2.79. The van der Waals surface area contributed by atoms with E-state index in [0.717, 1.165) is 37.4 Å². The van der Waals surface area contributed by atoms with Gasteiger partial charge in [-0.3, -0.25) is 4.99 Å². The second-order valence-corrected chi connectivity index (χ2v) is 6.54. The van der Waals surface area contributed by atoms with Crippen molar-refractivity contribution in [1.29, 1.82) is 0 Å². The van der Waals surface area contributed by atoms with Crippen LogP contribution in [0.2, 0.25) is 0 Å². The molecule has 1 atom stereocenters. The van der Waals surface area contributed by atoms with Gasteiger partial charge in [0.1, 0.15) is 0 Å². The van der Waals surface area contributed by atoms with E-state index in [-0.39, 0.29) is 0 Å². The molecule has 19 heavy (non-hydrogen) atoms. The summed E-state index contributed by atoms with van der Waals surface area (Å²) in [6, 6.07) is 2.16. The molecule has 1 unspecified atom stereocenters. The van der Waals surface area contributed by atoms with E-state index in [4.69, 9.17) is 0 Å². The zero-order valence-electron chi connectivity index (χ0n) is 12.2. The minimum Gasteiger partial charge on any atom is -0.352 e. The Morgan fingerprint density at radius 1 is 1.58 bits per heavy atom. The van der Waals surface area contributed by atoms with E-state index in [1.54, 1.807) is 11.3 Å². The van der Waals surface area contributed by atoms with Crippen LogP contribution in [0, 0.1) is 11.8 Å². The summed E-state index contributed by atoms with van der Waals surface area (Å²) in [6.45, 7) is 7.79. The number of likely N-dealkylation sites (tertiary alicyclic amines) is 1. The quantitative estimate of drug-likeness (QED) is 0.677. The van der Waals surface area contributed by atoms with Crippen molar-refractivity contribution in [2.45, 2.75) is 33.2 Å². The molecule has 1 saturated heterocycles. The number of nitrogens with one attached hydrogen (secondary N) is 1. The molecule has 1 aromatic heterocycles. The average molecular weight is 279 g/mol. The molecule has 0 bridgehead atoms. The molecule has 0 saturated carbocycles. The van der Waals surface area contributed by atoms with E-state index in [0.29, 0.717) is 0 Å². The molecule has 2 rings (SSSR count). The van der Waals surface area contributed by atoms with E-state index in [2.05, 4.69) is 45.9 Å². The summed E-state index contributed by atoms with van der Waals surface area (Å²) in [5, 5.41) is 7.78. The Balaban J connectivity index is 1.82. The van der Waals surface area contributed by atoms with Gasteiger partial charge in [0, 0.05) is 26.7 Å². The molecule has 0 aliphatic carbocycles. The van der Waals surface area contributed by atoms with Crippen molar-refractivity contribution in [1.82, 2.24) is 10.2 Å². The van der Waals surface area contributed by atoms with Gasteiger partial charge in [0.25, 0.3) is 0 Å². The van der Waals surface area contributed by atoms with Gasteiger partial charge in [0.05, 0.1) is 0 Å². The molecule has 0 spiro atoms. The van der Waals surface area contributed by atoms with Crippen molar-refractivity contribution in [3.8, 4) is 0 Å². The Bertz CT molecular complexity index is 398. The van der Waals surface area contributed by atoms with Gasteiger partial charge in [-0.2, -0.15) is 11.3 Å². The van der Waals surface area contributed by atoms with Gasteiger partial charge in [-0.15, -0.1) is 0 Å². The molecule has 1 fully saturated rings. The van der Waals surface area contributed by atoms with Gasteiger partial charge in [-0.05, 0) is 47.1 Å². The maximum Gasteiger partial charge on any atom is 0.193 e. The van der Waals surface area contributed by atoms with Gasteiger partial charge < -0.3 is 10.2 Å². The van der Waals surface area contributed by atoms with Crippen molar-refractivity contribution in [2.24, 2.45) is 16.8 Å². The van der Waals surface area contributed by atoms with E-state index < -0.39 is 0 Å². The molecule has 1 N–H and O–H groups in total. The minimum atomic E-state index is 0.797. The molecule has 2 heterocycles. The van der Waals surface area contributed by atoms with Crippen LogP contribution in [0.25, 0.3) is 0 Å². The molecular weight excluding hydrogens is 254 g/mol. The number of hydrogen-bond donors (Lipinski definition) is 1. The maximum atomic E-state index is 4.42. The largest absolute Gasteiger partial charge is 0.352 e. The van der Waals surface area contributed by atoms with Crippen molar-refractivity contribution >= 4 is 17.3 Å². The monoisotopic (exact) mass is 279 g/mol. The summed E-state index contributed by atoms with van der Waals surface area (Å²) in [4.78, 5) is 6.82. The number of guanidine groups is 1. The highest BCUT2D eigenvalue weighted by atomic mass is 32.1. The SMILES string of the molecule is CN=C(NCc1ccsc1)N1CCC(CC(C)C)C1. The Labute approximate surface area is 120 Å². The predicted octanol–water partition coefficient (Wildman–Crippen LogP) is 3.19. The molecule has 0 amide bonds. The summed E-state index contributed by atoms with van der Waals surface area (Å²) in [7, 11) is 1.88. The predicted molar refractivity (Wildman–Crippen MR) is 83.7 cm³/mol.